The molecule has 5 nitrogen and oxygen atoms in total. The molecule has 120 valence electrons. The van der Waals surface area contributed by atoms with Gasteiger partial charge in [0.15, 0.2) is 0 Å². The van der Waals surface area contributed by atoms with Crippen molar-refractivity contribution in [1.82, 2.24) is 9.88 Å². The quantitative estimate of drug-likeness (QED) is 0.809. The molecule has 0 spiro atoms. The molecular formula is C17H18N2O3S. The summed E-state index contributed by atoms with van der Waals surface area (Å²) in [7, 11) is 0. The van der Waals surface area contributed by atoms with Crippen LogP contribution in [0.15, 0.2) is 42.0 Å². The number of hydrogen-bond donors (Lipinski definition) is 0. The summed E-state index contributed by atoms with van der Waals surface area (Å²) in [5.74, 6) is -0.511. The second-order valence-electron chi connectivity index (χ2n) is 5.51. The molecule has 0 aromatic carbocycles. The van der Waals surface area contributed by atoms with Crippen molar-refractivity contribution in [3.8, 4) is 0 Å². The number of amides is 1. The highest BCUT2D eigenvalue weighted by atomic mass is 32.1. The molecule has 0 N–H and O–H groups in total. The summed E-state index contributed by atoms with van der Waals surface area (Å²) in [6.07, 6.45) is 4.78. The van der Waals surface area contributed by atoms with Gasteiger partial charge in [-0.1, -0.05) is 6.07 Å². The summed E-state index contributed by atoms with van der Waals surface area (Å²) in [6.45, 7) is 1.41. The number of esters is 1. The lowest BCUT2D eigenvalue weighted by Gasteiger charge is -2.31. The zero-order chi connectivity index (χ0) is 16.1. The van der Waals surface area contributed by atoms with E-state index in [-0.39, 0.29) is 17.8 Å². The number of rotatable bonds is 4. The smallest absolute Gasteiger partial charge is 0.311 e. The lowest BCUT2D eigenvalue weighted by molar-refractivity contribution is -0.151. The molecule has 1 unspecified atom stereocenters. The van der Waals surface area contributed by atoms with Crippen LogP contribution in [0.2, 0.25) is 0 Å². The van der Waals surface area contributed by atoms with Gasteiger partial charge in [0.05, 0.1) is 5.92 Å². The van der Waals surface area contributed by atoms with E-state index < -0.39 is 0 Å². The summed E-state index contributed by atoms with van der Waals surface area (Å²) < 4.78 is 5.38. The normalized spacial score (nSPS) is 17.7. The van der Waals surface area contributed by atoms with E-state index in [1.54, 1.807) is 40.8 Å². The maximum absolute atomic E-state index is 12.5. The van der Waals surface area contributed by atoms with E-state index in [9.17, 15) is 9.59 Å². The van der Waals surface area contributed by atoms with Gasteiger partial charge in [0.2, 0.25) is 0 Å². The first-order chi connectivity index (χ1) is 11.2. The van der Waals surface area contributed by atoms with E-state index in [4.69, 9.17) is 4.74 Å². The number of carbonyl (C=O) groups is 2. The molecule has 23 heavy (non-hydrogen) atoms. The van der Waals surface area contributed by atoms with Gasteiger partial charge in [-0.3, -0.25) is 14.6 Å². The molecule has 3 heterocycles. The fraction of sp³-hybridized carbons (Fsp3) is 0.353. The lowest BCUT2D eigenvalue weighted by Crippen LogP contribution is -2.42. The van der Waals surface area contributed by atoms with E-state index in [0.29, 0.717) is 25.3 Å². The van der Waals surface area contributed by atoms with Crippen molar-refractivity contribution in [1.29, 1.82) is 0 Å². The molecule has 1 amide bonds. The number of piperidine rings is 1. The Morgan fingerprint density at radius 2 is 2.13 bits per heavy atom. The zero-order valence-electron chi connectivity index (χ0n) is 12.7. The van der Waals surface area contributed by atoms with Crippen LogP contribution in [-0.4, -0.2) is 34.8 Å². The molecule has 0 aliphatic carbocycles. The zero-order valence-corrected chi connectivity index (χ0v) is 13.5. The molecule has 3 rings (SSSR count). The number of aromatic nitrogens is 1. The Kier molecular flexibility index (Phi) is 5.02. The van der Waals surface area contributed by atoms with Crippen LogP contribution in [0.4, 0.5) is 0 Å². The van der Waals surface area contributed by atoms with E-state index in [2.05, 4.69) is 4.98 Å². The Labute approximate surface area is 138 Å². The van der Waals surface area contributed by atoms with Crippen molar-refractivity contribution in [3.63, 3.8) is 0 Å². The topological polar surface area (TPSA) is 59.5 Å². The minimum absolute atomic E-state index is 0.0526. The Morgan fingerprint density at radius 1 is 1.30 bits per heavy atom. The second kappa shape index (κ2) is 7.37. The first-order valence-electron chi connectivity index (χ1n) is 7.62. The van der Waals surface area contributed by atoms with Crippen LogP contribution < -0.4 is 0 Å². The van der Waals surface area contributed by atoms with Crippen molar-refractivity contribution < 1.29 is 14.3 Å². The molecule has 0 saturated carbocycles. The maximum Gasteiger partial charge on any atom is 0.311 e. The third-order valence-electron chi connectivity index (χ3n) is 3.91. The number of thiophene rings is 1. The number of pyridine rings is 1. The van der Waals surface area contributed by atoms with Gasteiger partial charge in [-0.2, -0.15) is 0 Å². The van der Waals surface area contributed by atoms with Gasteiger partial charge >= 0.3 is 5.97 Å². The first-order valence-corrected chi connectivity index (χ1v) is 8.50. The van der Waals surface area contributed by atoms with Crippen molar-refractivity contribution in [3.05, 3.63) is 52.5 Å². The number of nitrogens with zero attached hydrogens (tertiary/aromatic N) is 2. The van der Waals surface area contributed by atoms with Crippen LogP contribution in [0, 0.1) is 5.92 Å². The summed E-state index contributed by atoms with van der Waals surface area (Å²) in [5.41, 5.74) is 0.604. The fourth-order valence-corrected chi connectivity index (χ4v) is 3.30. The Morgan fingerprint density at radius 3 is 2.87 bits per heavy atom. The summed E-state index contributed by atoms with van der Waals surface area (Å²) in [6, 6.07) is 7.27. The minimum atomic E-state index is -0.241. The molecule has 1 atom stereocenters. The van der Waals surface area contributed by atoms with Crippen molar-refractivity contribution in [2.45, 2.75) is 19.4 Å². The van der Waals surface area contributed by atoms with Gasteiger partial charge in [0.1, 0.15) is 6.61 Å². The highest BCUT2D eigenvalue weighted by Gasteiger charge is 2.30. The van der Waals surface area contributed by atoms with Crippen LogP contribution in [0.3, 0.4) is 0 Å². The first kappa shape index (κ1) is 15.7. The summed E-state index contributed by atoms with van der Waals surface area (Å²) >= 11 is 1.57. The second-order valence-corrected chi connectivity index (χ2v) is 6.55. The Hall–Kier alpha value is -2.21. The predicted octanol–water partition coefficient (Wildman–Crippen LogP) is 2.74. The highest BCUT2D eigenvalue weighted by Crippen LogP contribution is 2.21. The Bertz CT molecular complexity index is 658. The van der Waals surface area contributed by atoms with Crippen LogP contribution >= 0.6 is 11.3 Å². The van der Waals surface area contributed by atoms with E-state index >= 15 is 0 Å². The van der Waals surface area contributed by atoms with Gasteiger partial charge in [-0.15, -0.1) is 11.3 Å². The average molecular weight is 330 g/mol. The van der Waals surface area contributed by atoms with Crippen molar-refractivity contribution >= 4 is 23.2 Å². The molecule has 0 bridgehead atoms. The number of ether oxygens (including phenoxy) is 1. The number of likely N-dealkylation sites (tertiary alicyclic amines) is 1. The predicted molar refractivity (Wildman–Crippen MR) is 87.0 cm³/mol. The van der Waals surface area contributed by atoms with Gasteiger partial charge in [-0.05, 0) is 36.4 Å². The Balaban J connectivity index is 1.57. The molecule has 6 heteroatoms. The van der Waals surface area contributed by atoms with Gasteiger partial charge < -0.3 is 9.64 Å². The van der Waals surface area contributed by atoms with Crippen LogP contribution in [0.25, 0.3) is 0 Å². The molecule has 0 radical (unpaired) electrons. The SMILES string of the molecule is O=C(OCc1cccs1)C1CCCN(C(=O)c2ccncc2)C1. The molecule has 1 aliphatic heterocycles. The van der Waals surface area contributed by atoms with E-state index in [0.717, 1.165) is 17.7 Å². The molecular weight excluding hydrogens is 312 g/mol. The van der Waals surface area contributed by atoms with Crippen molar-refractivity contribution in [2.24, 2.45) is 5.92 Å². The maximum atomic E-state index is 12.5. The van der Waals surface area contributed by atoms with Crippen LogP contribution in [0.5, 0.6) is 0 Å². The minimum Gasteiger partial charge on any atom is -0.460 e. The monoisotopic (exact) mass is 330 g/mol. The van der Waals surface area contributed by atoms with Crippen LogP contribution in [-0.2, 0) is 16.1 Å². The molecule has 2 aromatic heterocycles. The average Bonchev–Trinajstić information content (AvgIpc) is 3.13. The largest absolute Gasteiger partial charge is 0.460 e. The summed E-state index contributed by atoms with van der Waals surface area (Å²) in [5, 5.41) is 1.96. The third kappa shape index (κ3) is 3.96. The highest BCUT2D eigenvalue weighted by molar-refractivity contribution is 7.09. The summed E-state index contributed by atoms with van der Waals surface area (Å²) in [4.78, 5) is 31.4. The fourth-order valence-electron chi connectivity index (χ4n) is 2.69. The van der Waals surface area contributed by atoms with Crippen molar-refractivity contribution in [2.75, 3.05) is 13.1 Å². The van der Waals surface area contributed by atoms with Gasteiger partial charge in [-0.25, -0.2) is 0 Å². The standard InChI is InChI=1S/C17H18N2O3S/c20-16(13-5-7-18-8-6-13)19-9-1-3-14(11-19)17(21)22-12-15-4-2-10-23-15/h2,4-8,10,14H,1,3,9,11-12H2. The number of hydrogen-bond acceptors (Lipinski definition) is 5. The lowest BCUT2D eigenvalue weighted by atomic mass is 9.97. The third-order valence-corrected chi connectivity index (χ3v) is 4.76. The van der Waals surface area contributed by atoms with E-state index in [1.165, 1.54) is 0 Å². The molecule has 1 aliphatic rings. The molecule has 1 fully saturated rings. The number of carbonyl (C=O) groups excluding carboxylic acids is 2. The van der Waals surface area contributed by atoms with Crippen LogP contribution in [0.1, 0.15) is 28.1 Å². The van der Waals surface area contributed by atoms with Gasteiger partial charge in [0, 0.05) is 35.9 Å². The van der Waals surface area contributed by atoms with Gasteiger partial charge in [0.25, 0.3) is 5.91 Å². The van der Waals surface area contributed by atoms with E-state index in [1.807, 2.05) is 17.5 Å². The molecule has 1 saturated heterocycles. The molecule has 2 aromatic rings.